The lowest BCUT2D eigenvalue weighted by Gasteiger charge is -2.18. The highest BCUT2D eigenvalue weighted by atomic mass is 31.0. The molecule has 1 aromatic rings. The zero-order valence-electron chi connectivity index (χ0n) is 12.6. The Morgan fingerprint density at radius 2 is 2.20 bits per heavy atom. The molecule has 20 heavy (non-hydrogen) atoms. The second-order valence-electron chi connectivity index (χ2n) is 5.36. The SMILES string of the molecule is CCCCNC1=CCCCC1=Nc1c(C)cccc1P. The predicted molar refractivity (Wildman–Crippen MR) is 92.5 cm³/mol. The zero-order chi connectivity index (χ0) is 14.4. The molecule has 1 aromatic carbocycles. The molecule has 0 aromatic heterocycles. The van der Waals surface area contributed by atoms with Crippen LogP contribution in [0.2, 0.25) is 0 Å². The van der Waals surface area contributed by atoms with E-state index in [1.165, 1.54) is 41.5 Å². The van der Waals surface area contributed by atoms with Crippen molar-refractivity contribution in [3.63, 3.8) is 0 Å². The minimum absolute atomic E-state index is 1.04. The first-order chi connectivity index (χ1) is 9.72. The van der Waals surface area contributed by atoms with Crippen LogP contribution < -0.4 is 10.6 Å². The zero-order valence-corrected chi connectivity index (χ0v) is 13.7. The van der Waals surface area contributed by atoms with Crippen molar-refractivity contribution >= 4 is 25.9 Å². The Bertz CT molecular complexity index is 497. The molecule has 0 amide bonds. The van der Waals surface area contributed by atoms with Crippen LogP contribution in [0.5, 0.6) is 0 Å². The molecule has 0 bridgehead atoms. The highest BCUT2D eigenvalue weighted by Gasteiger charge is 2.12. The summed E-state index contributed by atoms with van der Waals surface area (Å²) < 4.78 is 0. The maximum atomic E-state index is 4.94. The summed E-state index contributed by atoms with van der Waals surface area (Å²) in [7, 11) is 2.79. The lowest BCUT2D eigenvalue weighted by molar-refractivity contribution is 0.710. The van der Waals surface area contributed by atoms with Crippen LogP contribution in [0.1, 0.15) is 44.6 Å². The van der Waals surface area contributed by atoms with Gasteiger partial charge in [-0.3, -0.25) is 4.99 Å². The third kappa shape index (κ3) is 3.93. The van der Waals surface area contributed by atoms with Gasteiger partial charge in [-0.1, -0.05) is 37.6 Å². The number of nitrogens with one attached hydrogen (secondary N) is 1. The Labute approximate surface area is 125 Å². The average Bonchev–Trinajstić information content (AvgIpc) is 2.45. The van der Waals surface area contributed by atoms with Crippen molar-refractivity contribution in [3.05, 3.63) is 35.5 Å². The maximum Gasteiger partial charge on any atom is 0.0734 e. The molecule has 0 radical (unpaired) electrons. The minimum atomic E-state index is 1.04. The number of allylic oxidation sites excluding steroid dienone is 2. The van der Waals surface area contributed by atoms with Gasteiger partial charge < -0.3 is 5.32 Å². The van der Waals surface area contributed by atoms with Crippen molar-refractivity contribution in [2.45, 2.75) is 46.0 Å². The molecule has 1 atom stereocenters. The highest BCUT2D eigenvalue weighted by molar-refractivity contribution is 7.28. The summed E-state index contributed by atoms with van der Waals surface area (Å²) in [4.78, 5) is 4.94. The van der Waals surface area contributed by atoms with Crippen LogP contribution in [0, 0.1) is 6.92 Å². The van der Waals surface area contributed by atoms with Crippen LogP contribution >= 0.6 is 9.24 Å². The van der Waals surface area contributed by atoms with Crippen LogP contribution in [-0.4, -0.2) is 12.3 Å². The topological polar surface area (TPSA) is 24.4 Å². The van der Waals surface area contributed by atoms with Gasteiger partial charge >= 0.3 is 0 Å². The van der Waals surface area contributed by atoms with Crippen LogP contribution in [0.3, 0.4) is 0 Å². The van der Waals surface area contributed by atoms with E-state index in [9.17, 15) is 0 Å². The van der Waals surface area contributed by atoms with Crippen LogP contribution in [0.25, 0.3) is 0 Å². The van der Waals surface area contributed by atoms with Gasteiger partial charge in [-0.2, -0.15) is 0 Å². The molecular weight excluding hydrogens is 263 g/mol. The molecule has 2 nitrogen and oxygen atoms in total. The van der Waals surface area contributed by atoms with E-state index in [2.05, 4.69) is 52.7 Å². The van der Waals surface area contributed by atoms with Gasteiger partial charge in [-0.05, 0) is 43.5 Å². The number of unbranched alkanes of at least 4 members (excludes halogenated alkanes) is 1. The largest absolute Gasteiger partial charge is 0.384 e. The Morgan fingerprint density at radius 3 is 2.95 bits per heavy atom. The van der Waals surface area contributed by atoms with Crippen LogP contribution in [0.15, 0.2) is 35.0 Å². The first-order valence-corrected chi connectivity index (χ1v) is 8.17. The lowest BCUT2D eigenvalue weighted by Crippen LogP contribution is -2.23. The summed E-state index contributed by atoms with van der Waals surface area (Å²) in [6, 6.07) is 6.32. The molecule has 1 N–H and O–H groups in total. The number of nitrogens with zero attached hydrogens (tertiary/aromatic N) is 1. The molecular formula is C17H25N2P. The van der Waals surface area contributed by atoms with Gasteiger partial charge in [0.25, 0.3) is 0 Å². The number of rotatable bonds is 5. The molecule has 0 aliphatic heterocycles. The Kier molecular flexibility index (Phi) is 5.79. The summed E-state index contributed by atoms with van der Waals surface area (Å²) in [5.74, 6) is 0. The lowest BCUT2D eigenvalue weighted by atomic mass is 10.0. The number of para-hydroxylation sites is 1. The van der Waals surface area contributed by atoms with Gasteiger partial charge in [0.2, 0.25) is 0 Å². The molecule has 0 spiro atoms. The second kappa shape index (κ2) is 7.59. The van der Waals surface area contributed by atoms with Crippen molar-refractivity contribution in [2.75, 3.05) is 6.54 Å². The van der Waals surface area contributed by atoms with Gasteiger partial charge in [0.15, 0.2) is 0 Å². The fraction of sp³-hybridized carbons (Fsp3) is 0.471. The number of benzene rings is 1. The average molecular weight is 288 g/mol. The molecule has 0 saturated heterocycles. The third-order valence-electron chi connectivity index (χ3n) is 3.64. The first-order valence-electron chi connectivity index (χ1n) is 7.59. The fourth-order valence-corrected chi connectivity index (χ4v) is 2.83. The van der Waals surface area contributed by atoms with Gasteiger partial charge in [0.05, 0.1) is 17.1 Å². The Hall–Kier alpha value is -1.14. The fourth-order valence-electron chi connectivity index (χ4n) is 2.43. The molecule has 2 rings (SSSR count). The molecule has 1 unspecified atom stereocenters. The number of hydrogen-bond acceptors (Lipinski definition) is 2. The van der Waals surface area contributed by atoms with Crippen LogP contribution in [-0.2, 0) is 0 Å². The number of aliphatic imine (C=N–C) groups is 1. The monoisotopic (exact) mass is 288 g/mol. The Balaban J connectivity index is 2.22. The minimum Gasteiger partial charge on any atom is -0.384 e. The summed E-state index contributed by atoms with van der Waals surface area (Å²) in [5, 5.41) is 4.73. The quantitative estimate of drug-likeness (QED) is 0.642. The van der Waals surface area contributed by atoms with Gasteiger partial charge in [0.1, 0.15) is 0 Å². The summed E-state index contributed by atoms with van der Waals surface area (Å²) in [6.45, 7) is 5.40. The van der Waals surface area contributed by atoms with Gasteiger partial charge in [-0.15, -0.1) is 9.24 Å². The van der Waals surface area contributed by atoms with E-state index in [0.29, 0.717) is 0 Å². The van der Waals surface area contributed by atoms with E-state index >= 15 is 0 Å². The summed E-state index contributed by atoms with van der Waals surface area (Å²) >= 11 is 0. The summed E-state index contributed by atoms with van der Waals surface area (Å²) in [5.41, 5.74) is 4.81. The molecule has 1 aliphatic rings. The van der Waals surface area contributed by atoms with E-state index in [1.54, 1.807) is 0 Å². The normalized spacial score (nSPS) is 17.1. The molecule has 0 heterocycles. The molecule has 0 saturated carbocycles. The first kappa shape index (κ1) is 15.3. The van der Waals surface area contributed by atoms with E-state index in [0.717, 1.165) is 25.1 Å². The van der Waals surface area contributed by atoms with E-state index in [4.69, 9.17) is 4.99 Å². The predicted octanol–water partition coefficient (Wildman–Crippen LogP) is 4.03. The van der Waals surface area contributed by atoms with E-state index in [1.807, 2.05) is 0 Å². The number of hydrogen-bond donors (Lipinski definition) is 1. The van der Waals surface area contributed by atoms with Crippen molar-refractivity contribution < 1.29 is 0 Å². The Morgan fingerprint density at radius 1 is 1.35 bits per heavy atom. The molecule has 108 valence electrons. The van der Waals surface area contributed by atoms with Crippen molar-refractivity contribution in [1.29, 1.82) is 0 Å². The van der Waals surface area contributed by atoms with Crippen LogP contribution in [0.4, 0.5) is 5.69 Å². The van der Waals surface area contributed by atoms with Gasteiger partial charge in [-0.25, -0.2) is 0 Å². The number of aryl methyl sites for hydroxylation is 1. The van der Waals surface area contributed by atoms with E-state index < -0.39 is 0 Å². The second-order valence-corrected chi connectivity index (χ2v) is 5.98. The van der Waals surface area contributed by atoms with Crippen molar-refractivity contribution in [2.24, 2.45) is 4.99 Å². The van der Waals surface area contributed by atoms with Crippen molar-refractivity contribution in [1.82, 2.24) is 5.32 Å². The summed E-state index contributed by atoms with van der Waals surface area (Å²) in [6.07, 6.45) is 8.18. The molecule has 0 fully saturated rings. The smallest absolute Gasteiger partial charge is 0.0734 e. The standard InChI is InChI=1S/C17H25N2P/c1-3-4-12-18-14-9-5-6-10-15(14)19-17-13(2)8-7-11-16(17)20/h7-9,11,18H,3-6,10,12,20H2,1-2H3. The maximum absolute atomic E-state index is 4.94. The van der Waals surface area contributed by atoms with E-state index in [-0.39, 0.29) is 0 Å². The van der Waals surface area contributed by atoms with Crippen molar-refractivity contribution in [3.8, 4) is 0 Å². The molecule has 1 aliphatic carbocycles. The van der Waals surface area contributed by atoms with Gasteiger partial charge in [0, 0.05) is 6.54 Å². The third-order valence-corrected chi connectivity index (χ3v) is 4.10. The molecule has 3 heteroatoms. The highest BCUT2D eigenvalue weighted by Crippen LogP contribution is 2.22.